The average molecular weight is 350 g/mol. The molecule has 1 aliphatic rings. The van der Waals surface area contributed by atoms with Crippen molar-refractivity contribution in [2.75, 3.05) is 25.0 Å². The fraction of sp³-hybridized carbons (Fsp3) is 0.600. The van der Waals surface area contributed by atoms with Gasteiger partial charge in [-0.1, -0.05) is 46.3 Å². The third-order valence-corrected chi connectivity index (χ3v) is 4.69. The molecule has 0 radical (unpaired) electrons. The van der Waals surface area contributed by atoms with Gasteiger partial charge in [0, 0.05) is 24.3 Å². The molecule has 2 unspecified atom stereocenters. The van der Waals surface area contributed by atoms with Crippen LogP contribution in [0.3, 0.4) is 0 Å². The predicted octanol–water partition coefficient (Wildman–Crippen LogP) is 4.44. The summed E-state index contributed by atoms with van der Waals surface area (Å²) in [5.41, 5.74) is 1.18. The quantitative estimate of drug-likeness (QED) is 0.726. The van der Waals surface area contributed by atoms with Gasteiger partial charge in [0.15, 0.2) is 0 Å². The SMILES string of the molecule is FC(F)(F)C1CCCN(CC(CBr)c2ccccc2)C1. The predicted molar refractivity (Wildman–Crippen MR) is 78.2 cm³/mol. The molecule has 1 fully saturated rings. The number of hydrogen-bond acceptors (Lipinski definition) is 1. The van der Waals surface area contributed by atoms with Gasteiger partial charge in [-0.2, -0.15) is 13.2 Å². The Bertz CT molecular complexity index is 407. The van der Waals surface area contributed by atoms with Gasteiger partial charge in [0.05, 0.1) is 5.92 Å². The van der Waals surface area contributed by atoms with Crippen LogP contribution in [0, 0.1) is 5.92 Å². The number of nitrogens with zero attached hydrogens (tertiary/aromatic N) is 1. The normalized spacial score (nSPS) is 22.7. The zero-order valence-electron chi connectivity index (χ0n) is 11.2. The van der Waals surface area contributed by atoms with Crippen LogP contribution in [0.5, 0.6) is 0 Å². The number of rotatable bonds is 4. The Morgan fingerprint density at radius 1 is 1.25 bits per heavy atom. The first-order chi connectivity index (χ1) is 9.50. The molecule has 0 bridgehead atoms. The summed E-state index contributed by atoms with van der Waals surface area (Å²) in [5, 5.41) is 0.768. The second-order valence-corrected chi connectivity index (χ2v) is 6.05. The van der Waals surface area contributed by atoms with Crippen LogP contribution in [-0.2, 0) is 0 Å². The largest absolute Gasteiger partial charge is 0.393 e. The van der Waals surface area contributed by atoms with Gasteiger partial charge in [-0.05, 0) is 24.9 Å². The summed E-state index contributed by atoms with van der Waals surface area (Å²) >= 11 is 3.49. The summed E-state index contributed by atoms with van der Waals surface area (Å²) in [6.45, 7) is 1.59. The van der Waals surface area contributed by atoms with Gasteiger partial charge in [-0.3, -0.25) is 0 Å². The molecule has 2 rings (SSSR count). The summed E-state index contributed by atoms with van der Waals surface area (Å²) in [4.78, 5) is 1.96. The molecule has 5 heteroatoms. The van der Waals surface area contributed by atoms with E-state index in [2.05, 4.69) is 15.9 Å². The van der Waals surface area contributed by atoms with Crippen LogP contribution in [0.2, 0.25) is 0 Å². The van der Waals surface area contributed by atoms with Crippen molar-refractivity contribution in [3.8, 4) is 0 Å². The zero-order chi connectivity index (χ0) is 14.6. The van der Waals surface area contributed by atoms with E-state index in [1.54, 1.807) is 0 Å². The van der Waals surface area contributed by atoms with Crippen LogP contribution in [0.1, 0.15) is 24.3 Å². The molecule has 1 aromatic carbocycles. The molecule has 112 valence electrons. The first kappa shape index (κ1) is 15.8. The van der Waals surface area contributed by atoms with E-state index in [4.69, 9.17) is 0 Å². The molecule has 1 aromatic rings. The Morgan fingerprint density at radius 3 is 2.55 bits per heavy atom. The lowest BCUT2D eigenvalue weighted by molar-refractivity contribution is -0.186. The molecule has 0 aliphatic carbocycles. The first-order valence-corrected chi connectivity index (χ1v) is 8.03. The molecule has 0 spiro atoms. The summed E-state index contributed by atoms with van der Waals surface area (Å²) in [6.07, 6.45) is -3.16. The minimum atomic E-state index is -4.06. The molecule has 1 heterocycles. The summed E-state index contributed by atoms with van der Waals surface area (Å²) in [7, 11) is 0. The molecular formula is C15H19BrF3N. The van der Waals surface area contributed by atoms with Gasteiger partial charge in [0.1, 0.15) is 0 Å². The van der Waals surface area contributed by atoms with Crippen molar-refractivity contribution in [2.45, 2.75) is 24.9 Å². The molecule has 1 saturated heterocycles. The van der Waals surface area contributed by atoms with E-state index in [1.807, 2.05) is 35.2 Å². The molecule has 0 saturated carbocycles. The van der Waals surface area contributed by atoms with Crippen molar-refractivity contribution in [1.82, 2.24) is 4.90 Å². The Kier molecular flexibility index (Phi) is 5.49. The Balaban J connectivity index is 1.98. The van der Waals surface area contributed by atoms with E-state index in [9.17, 15) is 13.2 Å². The first-order valence-electron chi connectivity index (χ1n) is 6.90. The third kappa shape index (κ3) is 4.22. The van der Waals surface area contributed by atoms with Gasteiger partial charge >= 0.3 is 6.18 Å². The zero-order valence-corrected chi connectivity index (χ0v) is 12.8. The maximum Gasteiger partial charge on any atom is 0.393 e. The van der Waals surface area contributed by atoms with Crippen molar-refractivity contribution in [2.24, 2.45) is 5.92 Å². The van der Waals surface area contributed by atoms with Gasteiger partial charge < -0.3 is 4.90 Å². The number of alkyl halides is 4. The highest BCUT2D eigenvalue weighted by atomic mass is 79.9. The minimum Gasteiger partial charge on any atom is -0.302 e. The van der Waals surface area contributed by atoms with Crippen molar-refractivity contribution in [3.63, 3.8) is 0 Å². The Hall–Kier alpha value is -0.550. The van der Waals surface area contributed by atoms with Crippen LogP contribution >= 0.6 is 15.9 Å². The van der Waals surface area contributed by atoms with Gasteiger partial charge in [0.2, 0.25) is 0 Å². The van der Waals surface area contributed by atoms with E-state index in [-0.39, 0.29) is 18.9 Å². The minimum absolute atomic E-state index is 0.139. The van der Waals surface area contributed by atoms with Gasteiger partial charge in [-0.25, -0.2) is 0 Å². The molecule has 1 nitrogen and oxygen atoms in total. The van der Waals surface area contributed by atoms with Crippen LogP contribution < -0.4 is 0 Å². The fourth-order valence-electron chi connectivity index (χ4n) is 2.77. The molecule has 0 amide bonds. The number of piperidine rings is 1. The van der Waals surface area contributed by atoms with E-state index in [0.29, 0.717) is 13.0 Å². The lowest BCUT2D eigenvalue weighted by atomic mass is 9.95. The number of hydrogen-bond donors (Lipinski definition) is 0. The second kappa shape index (κ2) is 6.94. The Morgan fingerprint density at radius 2 is 1.95 bits per heavy atom. The molecule has 0 N–H and O–H groups in total. The molecule has 2 atom stereocenters. The van der Waals surface area contributed by atoms with Crippen molar-refractivity contribution in [1.29, 1.82) is 0 Å². The summed E-state index contributed by atoms with van der Waals surface area (Å²) in [5.74, 6) is -0.925. The highest BCUT2D eigenvalue weighted by molar-refractivity contribution is 9.09. The topological polar surface area (TPSA) is 3.24 Å². The van der Waals surface area contributed by atoms with E-state index in [1.165, 1.54) is 5.56 Å². The highest BCUT2D eigenvalue weighted by Crippen LogP contribution is 2.34. The average Bonchev–Trinajstić information content (AvgIpc) is 2.45. The maximum atomic E-state index is 12.8. The van der Waals surface area contributed by atoms with Gasteiger partial charge in [0.25, 0.3) is 0 Å². The number of benzene rings is 1. The second-order valence-electron chi connectivity index (χ2n) is 5.40. The smallest absolute Gasteiger partial charge is 0.302 e. The van der Waals surface area contributed by atoms with Crippen molar-refractivity contribution >= 4 is 15.9 Å². The lowest BCUT2D eigenvalue weighted by Crippen LogP contribution is -2.43. The van der Waals surface area contributed by atoms with E-state index >= 15 is 0 Å². The number of halogens is 4. The Labute approximate surface area is 126 Å². The standard InChI is InChI=1S/C15H19BrF3N/c16-9-13(12-5-2-1-3-6-12)10-20-8-4-7-14(11-20)15(17,18)19/h1-3,5-6,13-14H,4,7-11H2. The van der Waals surface area contributed by atoms with Crippen LogP contribution in [0.4, 0.5) is 13.2 Å². The maximum absolute atomic E-state index is 12.8. The lowest BCUT2D eigenvalue weighted by Gasteiger charge is -2.35. The monoisotopic (exact) mass is 349 g/mol. The number of likely N-dealkylation sites (tertiary alicyclic amines) is 1. The highest BCUT2D eigenvalue weighted by Gasteiger charge is 2.41. The van der Waals surface area contributed by atoms with Crippen LogP contribution in [-0.4, -0.2) is 36.0 Å². The summed E-state index contributed by atoms with van der Waals surface area (Å²) < 4.78 is 38.5. The summed E-state index contributed by atoms with van der Waals surface area (Å²) in [6, 6.07) is 9.98. The molecular weight excluding hydrogens is 331 g/mol. The third-order valence-electron chi connectivity index (χ3n) is 3.90. The molecule has 20 heavy (non-hydrogen) atoms. The van der Waals surface area contributed by atoms with Crippen molar-refractivity contribution < 1.29 is 13.2 Å². The van der Waals surface area contributed by atoms with Crippen LogP contribution in [0.25, 0.3) is 0 Å². The van der Waals surface area contributed by atoms with Crippen molar-refractivity contribution in [3.05, 3.63) is 35.9 Å². The van der Waals surface area contributed by atoms with Crippen LogP contribution in [0.15, 0.2) is 30.3 Å². The van der Waals surface area contributed by atoms with E-state index < -0.39 is 12.1 Å². The van der Waals surface area contributed by atoms with E-state index in [0.717, 1.165) is 11.9 Å². The molecule has 0 aromatic heterocycles. The van der Waals surface area contributed by atoms with Gasteiger partial charge in [-0.15, -0.1) is 0 Å². The molecule has 1 aliphatic heterocycles. The fourth-order valence-corrected chi connectivity index (χ4v) is 3.35.